The SMILES string of the molecule is Cc1cc(C)c(Nc2ccccc2Nc2cc(Oc3cccc(-n4cc(-c5ccccc5)cn4)c3)cc3c2c2ccccc2n3-c2ccccc2)c(C)c1. The minimum Gasteiger partial charge on any atom is -0.457 e. The van der Waals surface area contributed by atoms with Gasteiger partial charge in [-0.1, -0.05) is 103 Å². The number of fused-ring (bicyclic) bond motifs is 3. The number of ether oxygens (including phenoxy) is 1. The van der Waals surface area contributed by atoms with Gasteiger partial charge in [0.25, 0.3) is 0 Å². The standard InChI is InChI=1S/C48H39N5O/c1-32-25-33(2)48(34(3)26-32)51-43-23-12-11-22-42(43)50-44-28-40(29-46-47(44)41-21-10-13-24-45(41)53(46)37-17-8-5-9-18-37)54-39-20-14-19-38(27-39)52-31-36(30-49-52)35-15-6-4-7-16-35/h4-31,50-51H,1-3H3. The van der Waals surface area contributed by atoms with Crippen LogP contribution in [0.15, 0.2) is 170 Å². The van der Waals surface area contributed by atoms with Crippen molar-refractivity contribution in [3.05, 3.63) is 187 Å². The summed E-state index contributed by atoms with van der Waals surface area (Å²) in [6, 6.07) is 54.5. The Hall–Kier alpha value is -7.05. The van der Waals surface area contributed by atoms with Crippen LogP contribution in [0.1, 0.15) is 16.7 Å². The maximum absolute atomic E-state index is 6.76. The van der Waals surface area contributed by atoms with E-state index < -0.39 is 0 Å². The van der Waals surface area contributed by atoms with Crippen LogP contribution in [0.25, 0.3) is 44.3 Å². The molecule has 9 aromatic rings. The topological polar surface area (TPSA) is 56.0 Å². The van der Waals surface area contributed by atoms with Gasteiger partial charge in [0.1, 0.15) is 11.5 Å². The number of rotatable bonds is 9. The van der Waals surface area contributed by atoms with E-state index in [1.54, 1.807) is 0 Å². The summed E-state index contributed by atoms with van der Waals surface area (Å²) in [5, 5.41) is 14.5. The Morgan fingerprint density at radius 2 is 1.19 bits per heavy atom. The van der Waals surface area contributed by atoms with Crippen molar-refractivity contribution in [3.63, 3.8) is 0 Å². The van der Waals surface area contributed by atoms with Crippen LogP contribution in [0.4, 0.5) is 22.7 Å². The maximum atomic E-state index is 6.76. The number of anilines is 4. The average molecular weight is 702 g/mol. The molecule has 2 N–H and O–H groups in total. The minimum absolute atomic E-state index is 0.711. The number of benzene rings is 7. The van der Waals surface area contributed by atoms with Gasteiger partial charge in [0, 0.05) is 52.1 Å². The quantitative estimate of drug-likeness (QED) is 0.157. The molecule has 0 spiro atoms. The summed E-state index contributed by atoms with van der Waals surface area (Å²) in [7, 11) is 0. The van der Waals surface area contributed by atoms with E-state index in [9.17, 15) is 0 Å². The fraction of sp³-hybridized carbons (Fsp3) is 0.0625. The number of aryl methyl sites for hydroxylation is 3. The Bertz CT molecular complexity index is 2760. The van der Waals surface area contributed by atoms with Crippen LogP contribution >= 0.6 is 0 Å². The lowest BCUT2D eigenvalue weighted by molar-refractivity contribution is 0.483. The van der Waals surface area contributed by atoms with Crippen LogP contribution in [0, 0.1) is 20.8 Å². The molecule has 262 valence electrons. The second-order valence-electron chi connectivity index (χ2n) is 13.8. The summed E-state index contributed by atoms with van der Waals surface area (Å²) in [6.45, 7) is 6.45. The number of nitrogens with zero attached hydrogens (tertiary/aromatic N) is 3. The number of hydrogen-bond donors (Lipinski definition) is 2. The summed E-state index contributed by atoms with van der Waals surface area (Å²) in [4.78, 5) is 0. The summed E-state index contributed by atoms with van der Waals surface area (Å²) in [5.74, 6) is 1.42. The first-order chi connectivity index (χ1) is 26.5. The lowest BCUT2D eigenvalue weighted by atomic mass is 10.0. The van der Waals surface area contributed by atoms with Crippen LogP contribution in [-0.2, 0) is 0 Å². The van der Waals surface area contributed by atoms with E-state index in [0.29, 0.717) is 11.5 Å². The van der Waals surface area contributed by atoms with Crippen molar-refractivity contribution >= 4 is 44.6 Å². The van der Waals surface area contributed by atoms with Gasteiger partial charge in [0.15, 0.2) is 0 Å². The van der Waals surface area contributed by atoms with E-state index in [0.717, 1.165) is 67.1 Å². The van der Waals surface area contributed by atoms with E-state index in [1.165, 1.54) is 16.7 Å². The second-order valence-corrected chi connectivity index (χ2v) is 13.8. The van der Waals surface area contributed by atoms with Gasteiger partial charge in [0.2, 0.25) is 0 Å². The molecule has 0 saturated carbocycles. The van der Waals surface area contributed by atoms with Gasteiger partial charge in [-0.25, -0.2) is 4.68 Å². The minimum atomic E-state index is 0.711. The van der Waals surface area contributed by atoms with E-state index in [-0.39, 0.29) is 0 Å². The van der Waals surface area contributed by atoms with Crippen molar-refractivity contribution in [2.75, 3.05) is 10.6 Å². The highest BCUT2D eigenvalue weighted by Gasteiger charge is 2.19. The van der Waals surface area contributed by atoms with Gasteiger partial charge in [-0.15, -0.1) is 0 Å². The van der Waals surface area contributed by atoms with E-state index in [1.807, 2.05) is 59.5 Å². The van der Waals surface area contributed by atoms with Gasteiger partial charge in [-0.05, 0) is 79.9 Å². The Morgan fingerprint density at radius 1 is 0.519 bits per heavy atom. The van der Waals surface area contributed by atoms with E-state index in [2.05, 4.69) is 156 Å². The Morgan fingerprint density at radius 3 is 1.96 bits per heavy atom. The maximum Gasteiger partial charge on any atom is 0.131 e. The number of nitrogens with one attached hydrogen (secondary N) is 2. The predicted octanol–water partition coefficient (Wildman–Crippen LogP) is 12.8. The molecule has 2 aromatic heterocycles. The van der Waals surface area contributed by atoms with E-state index in [4.69, 9.17) is 4.74 Å². The van der Waals surface area contributed by atoms with Crippen LogP contribution in [0.2, 0.25) is 0 Å². The highest BCUT2D eigenvalue weighted by molar-refractivity contribution is 6.16. The van der Waals surface area contributed by atoms with Crippen molar-refractivity contribution < 1.29 is 4.74 Å². The Labute approximate surface area is 314 Å². The Balaban J connectivity index is 1.16. The van der Waals surface area contributed by atoms with Gasteiger partial charge >= 0.3 is 0 Å². The summed E-state index contributed by atoms with van der Waals surface area (Å²) in [6.07, 6.45) is 3.94. The lowest BCUT2D eigenvalue weighted by Crippen LogP contribution is -2.01. The highest BCUT2D eigenvalue weighted by Crippen LogP contribution is 2.42. The third-order valence-corrected chi connectivity index (χ3v) is 9.90. The average Bonchev–Trinajstić information content (AvgIpc) is 3.82. The molecule has 0 atom stereocenters. The van der Waals surface area contributed by atoms with Crippen LogP contribution in [0.5, 0.6) is 11.5 Å². The van der Waals surface area contributed by atoms with Crippen molar-refractivity contribution in [1.29, 1.82) is 0 Å². The first kappa shape index (κ1) is 32.8. The molecule has 7 aromatic carbocycles. The molecule has 6 nitrogen and oxygen atoms in total. The molecule has 2 heterocycles. The van der Waals surface area contributed by atoms with Crippen LogP contribution in [-0.4, -0.2) is 14.3 Å². The molecule has 0 aliphatic rings. The first-order valence-corrected chi connectivity index (χ1v) is 18.2. The van der Waals surface area contributed by atoms with Crippen molar-refractivity contribution in [2.45, 2.75) is 20.8 Å². The molecule has 0 unspecified atom stereocenters. The third-order valence-electron chi connectivity index (χ3n) is 9.90. The van der Waals surface area contributed by atoms with Crippen molar-refractivity contribution in [1.82, 2.24) is 14.3 Å². The summed E-state index contributed by atoms with van der Waals surface area (Å²) >= 11 is 0. The molecule has 0 amide bonds. The zero-order valence-corrected chi connectivity index (χ0v) is 30.4. The van der Waals surface area contributed by atoms with Crippen molar-refractivity contribution in [3.8, 4) is 34.0 Å². The highest BCUT2D eigenvalue weighted by atomic mass is 16.5. The molecule has 0 radical (unpaired) electrons. The van der Waals surface area contributed by atoms with E-state index >= 15 is 0 Å². The molecule has 6 heteroatoms. The normalized spacial score (nSPS) is 11.2. The van der Waals surface area contributed by atoms with Crippen LogP contribution in [0.3, 0.4) is 0 Å². The first-order valence-electron chi connectivity index (χ1n) is 18.2. The molecular formula is C48H39N5O. The fourth-order valence-electron chi connectivity index (χ4n) is 7.51. The molecule has 0 aliphatic heterocycles. The number of aromatic nitrogens is 3. The largest absolute Gasteiger partial charge is 0.457 e. The van der Waals surface area contributed by atoms with Gasteiger partial charge in [0.05, 0.1) is 40.0 Å². The monoisotopic (exact) mass is 701 g/mol. The van der Waals surface area contributed by atoms with Crippen LogP contribution < -0.4 is 15.4 Å². The second kappa shape index (κ2) is 13.8. The molecule has 54 heavy (non-hydrogen) atoms. The van der Waals surface area contributed by atoms with Gasteiger partial charge in [-0.3, -0.25) is 0 Å². The predicted molar refractivity (Wildman–Crippen MR) is 224 cm³/mol. The van der Waals surface area contributed by atoms with Gasteiger partial charge < -0.3 is 19.9 Å². The summed E-state index contributed by atoms with van der Waals surface area (Å²) in [5.41, 5.74) is 14.0. The van der Waals surface area contributed by atoms with Gasteiger partial charge in [-0.2, -0.15) is 5.10 Å². The smallest absolute Gasteiger partial charge is 0.131 e. The molecule has 9 rings (SSSR count). The number of hydrogen-bond acceptors (Lipinski definition) is 4. The number of para-hydroxylation sites is 4. The molecule has 0 fully saturated rings. The third kappa shape index (κ3) is 6.24. The molecule has 0 bridgehead atoms. The molecular weight excluding hydrogens is 663 g/mol. The Kier molecular flexibility index (Phi) is 8.40. The molecule has 0 aliphatic carbocycles. The summed E-state index contributed by atoms with van der Waals surface area (Å²) < 4.78 is 11.0. The lowest BCUT2D eigenvalue weighted by Gasteiger charge is -2.19. The molecule has 0 saturated heterocycles. The fourth-order valence-corrected chi connectivity index (χ4v) is 7.51. The zero-order valence-electron chi connectivity index (χ0n) is 30.4. The van der Waals surface area contributed by atoms with Crippen molar-refractivity contribution in [2.24, 2.45) is 0 Å². The zero-order chi connectivity index (χ0) is 36.6.